The standard InChI is InChI=1S/C12H26N4O2/c1-10(8-17-3)14-11(15-13)16-7-5-6-12(2,9-16)18-4/h10H,5-9,13H2,1-4H3,(H,14,15). The topological polar surface area (TPSA) is 72.1 Å². The van der Waals surface area contributed by atoms with Crippen molar-refractivity contribution in [2.75, 3.05) is 33.9 Å². The molecule has 1 rings (SSSR count). The molecule has 1 fully saturated rings. The number of hydrogen-bond acceptors (Lipinski definition) is 4. The SMILES string of the molecule is COCC(C)N=C(NN)N1CCCC(C)(OC)C1. The largest absolute Gasteiger partial charge is 0.382 e. The molecule has 2 unspecified atom stereocenters. The minimum absolute atomic E-state index is 0.0803. The number of ether oxygens (including phenoxy) is 2. The van der Waals surface area contributed by atoms with Crippen molar-refractivity contribution in [3.05, 3.63) is 0 Å². The van der Waals surface area contributed by atoms with Gasteiger partial charge in [0.05, 0.1) is 18.2 Å². The number of guanidine groups is 1. The molecule has 1 saturated heterocycles. The highest BCUT2D eigenvalue weighted by molar-refractivity contribution is 5.79. The van der Waals surface area contributed by atoms with Gasteiger partial charge in [-0.3, -0.25) is 5.43 Å². The van der Waals surface area contributed by atoms with Crippen molar-refractivity contribution >= 4 is 5.96 Å². The molecule has 0 spiro atoms. The average molecular weight is 258 g/mol. The first-order valence-electron chi connectivity index (χ1n) is 6.38. The van der Waals surface area contributed by atoms with Gasteiger partial charge in [0.2, 0.25) is 5.96 Å². The number of likely N-dealkylation sites (tertiary alicyclic amines) is 1. The van der Waals surface area contributed by atoms with E-state index in [-0.39, 0.29) is 11.6 Å². The van der Waals surface area contributed by atoms with Crippen molar-refractivity contribution in [1.82, 2.24) is 10.3 Å². The van der Waals surface area contributed by atoms with Gasteiger partial charge < -0.3 is 14.4 Å². The number of rotatable bonds is 4. The molecular formula is C12H26N4O2. The fourth-order valence-corrected chi connectivity index (χ4v) is 2.25. The number of nitrogens with zero attached hydrogens (tertiary/aromatic N) is 2. The molecule has 18 heavy (non-hydrogen) atoms. The van der Waals surface area contributed by atoms with Gasteiger partial charge >= 0.3 is 0 Å². The van der Waals surface area contributed by atoms with Gasteiger partial charge in [0.15, 0.2) is 0 Å². The summed E-state index contributed by atoms with van der Waals surface area (Å²) in [6.45, 7) is 6.45. The van der Waals surface area contributed by atoms with E-state index < -0.39 is 0 Å². The number of hydrazine groups is 1. The summed E-state index contributed by atoms with van der Waals surface area (Å²) >= 11 is 0. The normalized spacial score (nSPS) is 27.2. The summed E-state index contributed by atoms with van der Waals surface area (Å²) in [5.74, 6) is 6.28. The first-order chi connectivity index (χ1) is 8.54. The highest BCUT2D eigenvalue weighted by Crippen LogP contribution is 2.23. The van der Waals surface area contributed by atoms with Crippen molar-refractivity contribution in [2.45, 2.75) is 38.3 Å². The Hall–Kier alpha value is -0.850. The van der Waals surface area contributed by atoms with Crippen molar-refractivity contribution in [3.63, 3.8) is 0 Å². The molecule has 0 aliphatic carbocycles. The molecule has 0 aromatic heterocycles. The second-order valence-electron chi connectivity index (χ2n) is 5.08. The summed E-state index contributed by atoms with van der Waals surface area (Å²) in [6.07, 6.45) is 2.13. The highest BCUT2D eigenvalue weighted by Gasteiger charge is 2.32. The number of nitrogens with one attached hydrogen (secondary N) is 1. The van der Waals surface area contributed by atoms with Crippen LogP contribution in [0.2, 0.25) is 0 Å². The van der Waals surface area contributed by atoms with Gasteiger partial charge in [-0.25, -0.2) is 10.8 Å². The maximum atomic E-state index is 5.57. The van der Waals surface area contributed by atoms with Crippen molar-refractivity contribution < 1.29 is 9.47 Å². The lowest BCUT2D eigenvalue weighted by molar-refractivity contribution is -0.0356. The molecular weight excluding hydrogens is 232 g/mol. The van der Waals surface area contributed by atoms with E-state index in [0.717, 1.165) is 25.9 Å². The van der Waals surface area contributed by atoms with E-state index in [2.05, 4.69) is 22.2 Å². The van der Waals surface area contributed by atoms with E-state index in [4.69, 9.17) is 15.3 Å². The summed E-state index contributed by atoms with van der Waals surface area (Å²) in [7, 11) is 3.42. The van der Waals surface area contributed by atoms with Crippen molar-refractivity contribution in [2.24, 2.45) is 10.8 Å². The van der Waals surface area contributed by atoms with Crippen LogP contribution in [-0.2, 0) is 9.47 Å². The summed E-state index contributed by atoms with van der Waals surface area (Å²) in [4.78, 5) is 6.67. The molecule has 6 heteroatoms. The van der Waals surface area contributed by atoms with Gasteiger partial charge in [0.25, 0.3) is 0 Å². The maximum Gasteiger partial charge on any atom is 0.208 e. The molecule has 106 valence electrons. The molecule has 6 nitrogen and oxygen atoms in total. The van der Waals surface area contributed by atoms with Crippen LogP contribution in [0.25, 0.3) is 0 Å². The van der Waals surface area contributed by atoms with E-state index in [0.29, 0.717) is 12.6 Å². The van der Waals surface area contributed by atoms with Crippen LogP contribution in [-0.4, -0.2) is 56.4 Å². The Bertz CT molecular complexity index is 285. The van der Waals surface area contributed by atoms with E-state index in [1.165, 1.54) is 0 Å². The third-order valence-electron chi connectivity index (χ3n) is 3.33. The Labute approximate surface area is 109 Å². The zero-order chi connectivity index (χ0) is 13.6. The van der Waals surface area contributed by atoms with Gasteiger partial charge in [0.1, 0.15) is 0 Å². The molecule has 2 atom stereocenters. The number of aliphatic imine (C=N–C) groups is 1. The van der Waals surface area contributed by atoms with Crippen LogP contribution < -0.4 is 11.3 Å². The molecule has 1 aliphatic heterocycles. The zero-order valence-corrected chi connectivity index (χ0v) is 11.9. The van der Waals surface area contributed by atoms with Crippen LogP contribution in [0, 0.1) is 0 Å². The maximum absolute atomic E-state index is 5.57. The molecule has 3 N–H and O–H groups in total. The molecule has 0 aromatic rings. The Morgan fingerprint density at radius 1 is 1.56 bits per heavy atom. The quantitative estimate of drug-likeness (QED) is 0.329. The van der Waals surface area contributed by atoms with Crippen molar-refractivity contribution in [3.8, 4) is 0 Å². The lowest BCUT2D eigenvalue weighted by Gasteiger charge is -2.40. The molecule has 0 aromatic carbocycles. The minimum atomic E-state index is -0.125. The fraction of sp³-hybridized carbons (Fsp3) is 0.917. The number of methoxy groups -OCH3 is 2. The number of nitrogens with two attached hydrogens (primary N) is 1. The van der Waals surface area contributed by atoms with Gasteiger partial charge in [-0.2, -0.15) is 0 Å². The molecule has 0 radical (unpaired) electrons. The fourth-order valence-electron chi connectivity index (χ4n) is 2.25. The molecule has 0 saturated carbocycles. The average Bonchev–Trinajstić information content (AvgIpc) is 2.36. The van der Waals surface area contributed by atoms with E-state index >= 15 is 0 Å². The van der Waals surface area contributed by atoms with E-state index in [1.807, 2.05) is 6.92 Å². The van der Waals surface area contributed by atoms with Gasteiger partial charge in [-0.1, -0.05) is 0 Å². The van der Waals surface area contributed by atoms with Crippen molar-refractivity contribution in [1.29, 1.82) is 0 Å². The van der Waals surface area contributed by atoms with Gasteiger partial charge in [-0.05, 0) is 26.7 Å². The predicted octanol–water partition coefficient (Wildman–Crippen LogP) is 0.342. The van der Waals surface area contributed by atoms with Crippen LogP contribution in [0.1, 0.15) is 26.7 Å². The first kappa shape index (κ1) is 15.2. The number of hydrogen-bond donors (Lipinski definition) is 2. The molecule has 0 bridgehead atoms. The predicted molar refractivity (Wildman–Crippen MR) is 72.3 cm³/mol. The monoisotopic (exact) mass is 258 g/mol. The van der Waals surface area contributed by atoms with E-state index in [9.17, 15) is 0 Å². The van der Waals surface area contributed by atoms with Crippen LogP contribution >= 0.6 is 0 Å². The summed E-state index contributed by atoms with van der Waals surface area (Å²) in [6, 6.07) is 0.0803. The van der Waals surface area contributed by atoms with Gasteiger partial charge in [-0.15, -0.1) is 0 Å². The molecule has 0 amide bonds. The summed E-state index contributed by atoms with van der Waals surface area (Å²) in [5, 5.41) is 0. The lowest BCUT2D eigenvalue weighted by atomic mass is 9.95. The Morgan fingerprint density at radius 2 is 2.28 bits per heavy atom. The third-order valence-corrected chi connectivity index (χ3v) is 3.33. The second kappa shape index (κ2) is 6.92. The van der Waals surface area contributed by atoms with Crippen LogP contribution in [0.5, 0.6) is 0 Å². The highest BCUT2D eigenvalue weighted by atomic mass is 16.5. The second-order valence-corrected chi connectivity index (χ2v) is 5.08. The van der Waals surface area contributed by atoms with Crippen LogP contribution in [0.15, 0.2) is 4.99 Å². The van der Waals surface area contributed by atoms with Gasteiger partial charge in [0, 0.05) is 27.3 Å². The molecule has 1 aliphatic rings. The van der Waals surface area contributed by atoms with Crippen LogP contribution in [0.3, 0.4) is 0 Å². The smallest absolute Gasteiger partial charge is 0.208 e. The zero-order valence-electron chi connectivity index (χ0n) is 11.9. The Balaban J connectivity index is 2.70. The summed E-state index contributed by atoms with van der Waals surface area (Å²) in [5.41, 5.74) is 2.56. The first-order valence-corrected chi connectivity index (χ1v) is 6.38. The molecule has 1 heterocycles. The minimum Gasteiger partial charge on any atom is -0.382 e. The summed E-state index contributed by atoms with van der Waals surface area (Å²) < 4.78 is 10.6. The third kappa shape index (κ3) is 4.12. The Kier molecular flexibility index (Phi) is 5.84. The van der Waals surface area contributed by atoms with Crippen LogP contribution in [0.4, 0.5) is 0 Å². The lowest BCUT2D eigenvalue weighted by Crippen LogP contribution is -2.54. The Morgan fingerprint density at radius 3 is 2.83 bits per heavy atom. The number of piperidine rings is 1. The van der Waals surface area contributed by atoms with E-state index in [1.54, 1.807) is 14.2 Å².